The summed E-state index contributed by atoms with van der Waals surface area (Å²) in [6.07, 6.45) is 6.17. The minimum Gasteiger partial charge on any atom is -0.490 e. The van der Waals surface area contributed by atoms with Crippen molar-refractivity contribution in [3.63, 3.8) is 0 Å². The number of aromatic nitrogens is 1. The zero-order chi connectivity index (χ0) is 15.5. The van der Waals surface area contributed by atoms with Crippen molar-refractivity contribution >= 4 is 23.2 Å². The number of nitrogens with one attached hydrogen (secondary N) is 1. The highest BCUT2D eigenvalue weighted by Crippen LogP contribution is 2.37. The Morgan fingerprint density at radius 2 is 1.75 bits per heavy atom. The normalized spacial score (nSPS) is 15.0. The molecule has 4 heteroatoms. The Kier molecular flexibility index (Phi) is 5.34. The van der Waals surface area contributed by atoms with Crippen molar-refractivity contribution < 1.29 is 4.74 Å². The minimum absolute atomic E-state index is 0. The summed E-state index contributed by atoms with van der Waals surface area (Å²) >= 11 is 0. The lowest BCUT2D eigenvalue weighted by molar-refractivity contribution is 0.163. The Hall–Kier alpha value is -2.10. The molecule has 0 amide bonds. The van der Waals surface area contributed by atoms with E-state index in [9.17, 15) is 0 Å². The van der Waals surface area contributed by atoms with Crippen LogP contribution in [0.5, 0.6) is 5.75 Å². The lowest BCUT2D eigenvalue weighted by Crippen LogP contribution is -2.34. The Bertz CT molecular complexity index is 801. The molecule has 0 spiro atoms. The van der Waals surface area contributed by atoms with Crippen LogP contribution in [0.4, 0.5) is 0 Å². The number of nitrogens with zero attached hydrogens (tertiary/aromatic N) is 1. The third kappa shape index (κ3) is 3.37. The highest BCUT2D eigenvalue weighted by molar-refractivity contribution is 5.99. The Morgan fingerprint density at radius 3 is 2.54 bits per heavy atom. The van der Waals surface area contributed by atoms with Crippen molar-refractivity contribution in [2.45, 2.75) is 18.9 Å². The fraction of sp³-hybridized carbons (Fsp3) is 0.250. The summed E-state index contributed by atoms with van der Waals surface area (Å²) < 4.78 is 6.39. The summed E-state index contributed by atoms with van der Waals surface area (Å²) in [5.41, 5.74) is 2.36. The molecule has 0 aliphatic carbocycles. The predicted molar refractivity (Wildman–Crippen MR) is 101 cm³/mol. The van der Waals surface area contributed by atoms with Gasteiger partial charge in [-0.25, -0.2) is 0 Å². The molecule has 2 aromatic carbocycles. The van der Waals surface area contributed by atoms with E-state index in [0.29, 0.717) is 0 Å². The number of rotatable bonds is 3. The second kappa shape index (κ2) is 7.65. The molecule has 124 valence electrons. The first-order valence-corrected chi connectivity index (χ1v) is 8.21. The van der Waals surface area contributed by atoms with Gasteiger partial charge in [0.2, 0.25) is 0 Å². The number of pyridine rings is 1. The lowest BCUT2D eigenvalue weighted by atomic mass is 9.98. The minimum atomic E-state index is 0. The van der Waals surface area contributed by atoms with Crippen LogP contribution in [0.1, 0.15) is 12.8 Å². The average Bonchev–Trinajstić information content (AvgIpc) is 2.63. The van der Waals surface area contributed by atoms with E-state index in [1.807, 2.05) is 18.5 Å². The van der Waals surface area contributed by atoms with Crippen LogP contribution in [0.2, 0.25) is 0 Å². The molecule has 3 nitrogen and oxygen atoms in total. The van der Waals surface area contributed by atoms with Gasteiger partial charge in [-0.15, -0.1) is 12.4 Å². The van der Waals surface area contributed by atoms with Crippen LogP contribution >= 0.6 is 12.4 Å². The topological polar surface area (TPSA) is 34.1 Å². The third-order valence-electron chi connectivity index (χ3n) is 4.42. The number of hydrogen-bond donors (Lipinski definition) is 1. The summed E-state index contributed by atoms with van der Waals surface area (Å²) in [4.78, 5) is 4.24. The molecule has 1 N–H and O–H groups in total. The van der Waals surface area contributed by atoms with Crippen molar-refractivity contribution in [3.8, 4) is 16.9 Å². The fourth-order valence-corrected chi connectivity index (χ4v) is 3.24. The van der Waals surface area contributed by atoms with E-state index < -0.39 is 0 Å². The molecule has 2 heterocycles. The van der Waals surface area contributed by atoms with Gasteiger partial charge >= 0.3 is 0 Å². The van der Waals surface area contributed by atoms with E-state index in [1.54, 1.807) is 0 Å². The molecule has 1 aromatic heterocycles. The van der Waals surface area contributed by atoms with Crippen molar-refractivity contribution in [3.05, 3.63) is 60.9 Å². The number of piperidine rings is 1. The van der Waals surface area contributed by atoms with Crippen molar-refractivity contribution in [2.75, 3.05) is 13.1 Å². The van der Waals surface area contributed by atoms with Crippen LogP contribution in [0, 0.1) is 0 Å². The first-order valence-electron chi connectivity index (χ1n) is 8.21. The highest BCUT2D eigenvalue weighted by Gasteiger charge is 2.18. The molecular formula is C20H21ClN2O. The first-order chi connectivity index (χ1) is 11.4. The maximum atomic E-state index is 6.39. The van der Waals surface area contributed by atoms with Gasteiger partial charge in [-0.2, -0.15) is 0 Å². The lowest BCUT2D eigenvalue weighted by Gasteiger charge is -2.25. The van der Waals surface area contributed by atoms with E-state index in [2.05, 4.69) is 52.8 Å². The van der Waals surface area contributed by atoms with Crippen LogP contribution in [0.25, 0.3) is 21.9 Å². The smallest absolute Gasteiger partial charge is 0.128 e. The van der Waals surface area contributed by atoms with Gasteiger partial charge in [-0.05, 0) is 55.1 Å². The van der Waals surface area contributed by atoms with E-state index in [1.165, 1.54) is 16.5 Å². The van der Waals surface area contributed by atoms with Gasteiger partial charge in [0, 0.05) is 23.3 Å². The molecule has 4 rings (SSSR count). The molecule has 0 unspecified atom stereocenters. The predicted octanol–water partition coefficient (Wildman–Crippen LogP) is 4.45. The summed E-state index contributed by atoms with van der Waals surface area (Å²) in [7, 11) is 0. The molecule has 24 heavy (non-hydrogen) atoms. The maximum Gasteiger partial charge on any atom is 0.128 e. The Morgan fingerprint density at radius 1 is 0.958 bits per heavy atom. The van der Waals surface area contributed by atoms with Crippen LogP contribution < -0.4 is 10.1 Å². The number of ether oxygens (including phenoxy) is 1. The highest BCUT2D eigenvalue weighted by atomic mass is 35.5. The second-order valence-corrected chi connectivity index (χ2v) is 5.97. The maximum absolute atomic E-state index is 6.39. The Balaban J connectivity index is 0.00000169. The monoisotopic (exact) mass is 340 g/mol. The van der Waals surface area contributed by atoms with Gasteiger partial charge in [0.1, 0.15) is 11.9 Å². The zero-order valence-electron chi connectivity index (χ0n) is 13.4. The summed E-state index contributed by atoms with van der Waals surface area (Å²) in [5.74, 6) is 0.974. The first kappa shape index (κ1) is 16.7. The van der Waals surface area contributed by atoms with Crippen LogP contribution in [-0.2, 0) is 0 Å². The molecule has 1 aliphatic heterocycles. The quantitative estimate of drug-likeness (QED) is 0.764. The molecule has 0 radical (unpaired) electrons. The van der Waals surface area contributed by atoms with Gasteiger partial charge in [0.05, 0.1) is 0 Å². The van der Waals surface area contributed by atoms with Crippen LogP contribution in [-0.4, -0.2) is 24.2 Å². The van der Waals surface area contributed by atoms with Gasteiger partial charge in [0.15, 0.2) is 0 Å². The van der Waals surface area contributed by atoms with Crippen molar-refractivity contribution in [1.29, 1.82) is 0 Å². The van der Waals surface area contributed by atoms with Gasteiger partial charge in [-0.3, -0.25) is 4.98 Å². The number of benzene rings is 2. The SMILES string of the molecule is Cl.c1ccc(-c2c(OC3CCNCC3)ccc3cnccc23)cc1. The molecule has 0 saturated carbocycles. The van der Waals surface area contributed by atoms with Crippen LogP contribution in [0.15, 0.2) is 60.9 Å². The molecule has 0 bridgehead atoms. The van der Waals surface area contributed by atoms with E-state index in [0.717, 1.165) is 37.1 Å². The third-order valence-corrected chi connectivity index (χ3v) is 4.42. The number of halogens is 1. The van der Waals surface area contributed by atoms with Crippen molar-refractivity contribution in [2.24, 2.45) is 0 Å². The molecule has 1 saturated heterocycles. The Labute approximate surface area is 148 Å². The van der Waals surface area contributed by atoms with Gasteiger partial charge in [-0.1, -0.05) is 30.3 Å². The summed E-state index contributed by atoms with van der Waals surface area (Å²) in [5, 5.41) is 5.72. The fourth-order valence-electron chi connectivity index (χ4n) is 3.24. The second-order valence-electron chi connectivity index (χ2n) is 5.97. The van der Waals surface area contributed by atoms with Gasteiger partial charge < -0.3 is 10.1 Å². The van der Waals surface area contributed by atoms with E-state index >= 15 is 0 Å². The van der Waals surface area contributed by atoms with Crippen molar-refractivity contribution in [1.82, 2.24) is 10.3 Å². The van der Waals surface area contributed by atoms with E-state index in [-0.39, 0.29) is 18.5 Å². The molecule has 1 fully saturated rings. The van der Waals surface area contributed by atoms with Crippen LogP contribution in [0.3, 0.4) is 0 Å². The standard InChI is InChI=1S/C20H20N2O.ClH/c1-2-4-15(5-3-1)20-18-10-13-22-14-16(18)6-7-19(20)23-17-8-11-21-12-9-17;/h1-7,10,13-14,17,21H,8-9,11-12H2;1H. The molecule has 0 atom stereocenters. The summed E-state index contributed by atoms with van der Waals surface area (Å²) in [6.45, 7) is 2.06. The number of fused-ring (bicyclic) bond motifs is 1. The number of hydrogen-bond acceptors (Lipinski definition) is 3. The summed E-state index contributed by atoms with van der Waals surface area (Å²) in [6, 6.07) is 16.7. The molecular weight excluding hydrogens is 320 g/mol. The zero-order valence-corrected chi connectivity index (χ0v) is 14.3. The molecule has 3 aromatic rings. The molecule has 1 aliphatic rings. The largest absolute Gasteiger partial charge is 0.490 e. The van der Waals surface area contributed by atoms with Gasteiger partial charge in [0.25, 0.3) is 0 Å². The average molecular weight is 341 g/mol. The van der Waals surface area contributed by atoms with E-state index in [4.69, 9.17) is 4.74 Å².